The third kappa shape index (κ3) is 1.43. The Morgan fingerprint density at radius 2 is 1.11 bits per heavy atom. The van der Waals surface area contributed by atoms with Gasteiger partial charge in [-0.05, 0) is 12.2 Å². The highest BCUT2D eigenvalue weighted by atomic mass is 35.5. The van der Waals surface area contributed by atoms with Gasteiger partial charge in [0.1, 0.15) is 0 Å². The Hall–Kier alpha value is -1.64. The summed E-state index contributed by atoms with van der Waals surface area (Å²) in [5.74, 6) is -0.579. The molecule has 2 nitrogen and oxygen atoms in total. The predicted molar refractivity (Wildman–Crippen MR) is 71.8 cm³/mol. The van der Waals surface area contributed by atoms with Gasteiger partial charge in [0, 0.05) is 10.8 Å². The lowest BCUT2D eigenvalue weighted by molar-refractivity contribution is 0.0994. The molecule has 0 N–H and O–H groups in total. The standard InChI is InChI=1S/C14H6Cl2O2/c15-13-7-3-1-2-4-8(7)14(16)12-10(18)6-5-9(17)11(12)13/h1-6H. The van der Waals surface area contributed by atoms with E-state index in [4.69, 9.17) is 23.2 Å². The molecule has 4 heteroatoms. The molecule has 0 fully saturated rings. The van der Waals surface area contributed by atoms with Gasteiger partial charge in [0.05, 0.1) is 21.2 Å². The van der Waals surface area contributed by atoms with E-state index in [0.29, 0.717) is 10.8 Å². The van der Waals surface area contributed by atoms with Crippen molar-refractivity contribution in [2.45, 2.75) is 0 Å². The topological polar surface area (TPSA) is 34.1 Å². The third-order valence-electron chi connectivity index (χ3n) is 2.97. The van der Waals surface area contributed by atoms with Gasteiger partial charge in [0.2, 0.25) is 0 Å². The minimum atomic E-state index is -0.290. The fourth-order valence-corrected chi connectivity index (χ4v) is 2.84. The van der Waals surface area contributed by atoms with Gasteiger partial charge in [-0.2, -0.15) is 0 Å². The lowest BCUT2D eigenvalue weighted by atomic mass is 9.91. The van der Waals surface area contributed by atoms with Crippen LogP contribution in [0.5, 0.6) is 0 Å². The first-order valence-corrected chi connectivity index (χ1v) is 6.03. The number of carbonyl (C=O) groups is 2. The minimum Gasteiger partial charge on any atom is -0.289 e. The summed E-state index contributed by atoms with van der Waals surface area (Å²) >= 11 is 12.5. The highest BCUT2D eigenvalue weighted by molar-refractivity contribution is 6.47. The van der Waals surface area contributed by atoms with E-state index in [0.717, 1.165) is 0 Å². The largest absolute Gasteiger partial charge is 0.289 e. The molecule has 18 heavy (non-hydrogen) atoms. The predicted octanol–water partition coefficient (Wildman–Crippen LogP) is 4.08. The number of rotatable bonds is 0. The lowest BCUT2D eigenvalue weighted by Crippen LogP contribution is -2.13. The van der Waals surface area contributed by atoms with Crippen molar-refractivity contribution in [1.82, 2.24) is 0 Å². The van der Waals surface area contributed by atoms with Crippen LogP contribution in [0.3, 0.4) is 0 Å². The van der Waals surface area contributed by atoms with Gasteiger partial charge in [0.25, 0.3) is 0 Å². The average Bonchev–Trinajstić information content (AvgIpc) is 2.38. The summed E-state index contributed by atoms with van der Waals surface area (Å²) in [7, 11) is 0. The van der Waals surface area contributed by atoms with E-state index in [1.54, 1.807) is 12.1 Å². The van der Waals surface area contributed by atoms with Gasteiger partial charge in [-0.3, -0.25) is 9.59 Å². The van der Waals surface area contributed by atoms with Crippen molar-refractivity contribution in [3.8, 4) is 0 Å². The molecule has 0 heterocycles. The Morgan fingerprint density at radius 3 is 1.50 bits per heavy atom. The molecule has 0 radical (unpaired) electrons. The lowest BCUT2D eigenvalue weighted by Gasteiger charge is -2.15. The van der Waals surface area contributed by atoms with Crippen molar-refractivity contribution in [3.63, 3.8) is 0 Å². The molecule has 2 aromatic carbocycles. The van der Waals surface area contributed by atoms with Crippen LogP contribution >= 0.6 is 23.2 Å². The van der Waals surface area contributed by atoms with Crippen LogP contribution < -0.4 is 0 Å². The van der Waals surface area contributed by atoms with Crippen LogP contribution in [0.25, 0.3) is 10.8 Å². The van der Waals surface area contributed by atoms with Crippen LogP contribution in [0.2, 0.25) is 10.0 Å². The van der Waals surface area contributed by atoms with Gasteiger partial charge in [0.15, 0.2) is 11.6 Å². The smallest absolute Gasteiger partial charge is 0.188 e. The van der Waals surface area contributed by atoms with Crippen LogP contribution in [0.4, 0.5) is 0 Å². The molecule has 0 unspecified atom stereocenters. The fraction of sp³-hybridized carbons (Fsp3) is 0. The van der Waals surface area contributed by atoms with E-state index >= 15 is 0 Å². The van der Waals surface area contributed by atoms with E-state index < -0.39 is 0 Å². The van der Waals surface area contributed by atoms with Crippen molar-refractivity contribution < 1.29 is 9.59 Å². The van der Waals surface area contributed by atoms with Crippen LogP contribution in [0.15, 0.2) is 36.4 Å². The van der Waals surface area contributed by atoms with Crippen molar-refractivity contribution in [1.29, 1.82) is 0 Å². The Bertz CT molecular complexity index is 683. The Labute approximate surface area is 113 Å². The first-order valence-electron chi connectivity index (χ1n) is 5.27. The maximum Gasteiger partial charge on any atom is 0.188 e. The highest BCUT2D eigenvalue weighted by Crippen LogP contribution is 2.39. The molecular weight excluding hydrogens is 271 g/mol. The minimum absolute atomic E-state index is 0.202. The molecule has 0 aromatic heterocycles. The zero-order chi connectivity index (χ0) is 12.9. The summed E-state index contributed by atoms with van der Waals surface area (Å²) in [6, 6.07) is 7.17. The molecule has 0 atom stereocenters. The molecule has 0 amide bonds. The van der Waals surface area contributed by atoms with E-state index in [9.17, 15) is 9.59 Å². The molecule has 0 saturated heterocycles. The molecule has 0 spiro atoms. The number of hydrogen-bond donors (Lipinski definition) is 0. The molecule has 2 aromatic rings. The summed E-state index contributed by atoms with van der Waals surface area (Å²) in [5.41, 5.74) is 0.403. The first-order chi connectivity index (χ1) is 8.61. The molecule has 88 valence electrons. The summed E-state index contributed by atoms with van der Waals surface area (Å²) in [6.45, 7) is 0. The number of allylic oxidation sites excluding steroid dienone is 2. The second kappa shape index (κ2) is 3.94. The number of ketones is 2. The van der Waals surface area contributed by atoms with E-state index in [1.807, 2.05) is 12.1 Å². The Morgan fingerprint density at radius 1 is 0.722 bits per heavy atom. The number of fused-ring (bicyclic) bond motifs is 2. The number of carbonyl (C=O) groups excluding carboxylic acids is 2. The molecule has 3 rings (SSSR count). The van der Waals surface area contributed by atoms with Gasteiger partial charge in [-0.15, -0.1) is 0 Å². The Balaban J connectivity index is 2.56. The van der Waals surface area contributed by atoms with E-state index in [2.05, 4.69) is 0 Å². The van der Waals surface area contributed by atoms with Crippen LogP contribution in [0.1, 0.15) is 20.7 Å². The molecule has 0 aliphatic heterocycles. The number of benzene rings is 2. The van der Waals surface area contributed by atoms with Gasteiger partial charge in [-0.25, -0.2) is 0 Å². The molecule has 1 aliphatic carbocycles. The van der Waals surface area contributed by atoms with Gasteiger partial charge in [-0.1, -0.05) is 47.5 Å². The fourth-order valence-electron chi connectivity index (χ4n) is 2.14. The van der Waals surface area contributed by atoms with Gasteiger partial charge >= 0.3 is 0 Å². The van der Waals surface area contributed by atoms with Crippen molar-refractivity contribution in [3.05, 3.63) is 57.6 Å². The van der Waals surface area contributed by atoms with Crippen LogP contribution in [-0.2, 0) is 0 Å². The highest BCUT2D eigenvalue weighted by Gasteiger charge is 2.27. The third-order valence-corrected chi connectivity index (χ3v) is 3.75. The van der Waals surface area contributed by atoms with Crippen LogP contribution in [0, 0.1) is 0 Å². The summed E-state index contributed by atoms with van der Waals surface area (Å²) in [5, 5.41) is 1.93. The van der Waals surface area contributed by atoms with E-state index in [-0.39, 0.29) is 32.7 Å². The first kappa shape index (κ1) is 11.5. The Kier molecular flexibility index (Phi) is 2.51. The number of halogens is 2. The normalized spacial score (nSPS) is 14.1. The van der Waals surface area contributed by atoms with Gasteiger partial charge < -0.3 is 0 Å². The molecule has 1 aliphatic rings. The maximum absolute atomic E-state index is 11.9. The maximum atomic E-state index is 11.9. The molecule has 0 bridgehead atoms. The zero-order valence-corrected chi connectivity index (χ0v) is 10.5. The van der Waals surface area contributed by atoms with Crippen molar-refractivity contribution >= 4 is 45.5 Å². The SMILES string of the molecule is O=C1C=CC(=O)c2c1c(Cl)c1ccccc1c2Cl. The molecular formula is C14H6Cl2O2. The summed E-state index contributed by atoms with van der Waals surface area (Å²) in [4.78, 5) is 23.7. The summed E-state index contributed by atoms with van der Waals surface area (Å²) < 4.78 is 0. The van der Waals surface area contributed by atoms with Crippen molar-refractivity contribution in [2.24, 2.45) is 0 Å². The van der Waals surface area contributed by atoms with Crippen molar-refractivity contribution in [2.75, 3.05) is 0 Å². The quantitative estimate of drug-likeness (QED) is 0.727. The van der Waals surface area contributed by atoms with Crippen LogP contribution in [-0.4, -0.2) is 11.6 Å². The number of hydrogen-bond acceptors (Lipinski definition) is 2. The molecule has 0 saturated carbocycles. The average molecular weight is 277 g/mol. The second-order valence-corrected chi connectivity index (χ2v) is 4.74. The monoisotopic (exact) mass is 276 g/mol. The zero-order valence-electron chi connectivity index (χ0n) is 9.04. The second-order valence-electron chi connectivity index (χ2n) is 3.99. The summed E-state index contributed by atoms with van der Waals surface area (Å²) in [6.07, 6.45) is 2.45. The van der Waals surface area contributed by atoms with E-state index in [1.165, 1.54) is 12.2 Å².